The molecule has 20 heavy (non-hydrogen) atoms. The summed E-state index contributed by atoms with van der Waals surface area (Å²) in [5, 5.41) is 9.79. The lowest BCUT2D eigenvalue weighted by Gasteiger charge is -2.04. The highest BCUT2D eigenvalue weighted by molar-refractivity contribution is 5.96. The minimum Gasteiger partial charge on any atom is -0.354 e. The van der Waals surface area contributed by atoms with Crippen LogP contribution in [0, 0.1) is 0 Å². The summed E-state index contributed by atoms with van der Waals surface area (Å²) in [5.41, 5.74) is -1.74. The van der Waals surface area contributed by atoms with Crippen LogP contribution in [-0.2, 0) is 0 Å². The molecule has 0 radical (unpaired) electrons. The number of imidazole rings is 1. The summed E-state index contributed by atoms with van der Waals surface area (Å²) in [6.45, 7) is 0. The third kappa shape index (κ3) is 1.68. The molecule has 2 aromatic heterocycles. The van der Waals surface area contributed by atoms with Gasteiger partial charge in [0.25, 0.3) is 17.3 Å². The van der Waals surface area contributed by atoms with Crippen LogP contribution >= 0.6 is 0 Å². The molecule has 1 aliphatic rings. The van der Waals surface area contributed by atoms with Crippen molar-refractivity contribution in [2.45, 2.75) is 0 Å². The largest absolute Gasteiger partial charge is 0.354 e. The molecule has 0 spiro atoms. The summed E-state index contributed by atoms with van der Waals surface area (Å²) in [6, 6.07) is 0. The second-order valence-electron chi connectivity index (χ2n) is 3.70. The van der Waals surface area contributed by atoms with Gasteiger partial charge in [-0.1, -0.05) is 0 Å². The van der Waals surface area contributed by atoms with Crippen LogP contribution in [0.15, 0.2) is 26.1 Å². The molecule has 1 aliphatic heterocycles. The van der Waals surface area contributed by atoms with Gasteiger partial charge < -0.3 is 10.2 Å². The van der Waals surface area contributed by atoms with Gasteiger partial charge in [0.05, 0.1) is 0 Å². The number of rotatable bonds is 1. The number of hydrogen-bond donors (Lipinski definition) is 3. The zero-order valence-electron chi connectivity index (χ0n) is 10.00. The fourth-order valence-corrected chi connectivity index (χ4v) is 1.58. The van der Waals surface area contributed by atoms with Crippen LogP contribution < -0.4 is 21.4 Å². The van der Waals surface area contributed by atoms with Crippen molar-refractivity contribution < 1.29 is 9.63 Å². The van der Waals surface area contributed by atoms with E-state index in [0.29, 0.717) is 0 Å². The van der Waals surface area contributed by atoms with Gasteiger partial charge in [0.15, 0.2) is 5.69 Å². The van der Waals surface area contributed by atoms with E-state index in [2.05, 4.69) is 25.5 Å². The fraction of sp³-hybridized carbons (Fsp3) is 0.111. The molecule has 0 atom stereocenters. The number of nitrogens with zero attached hydrogens (tertiary/aromatic N) is 4. The van der Waals surface area contributed by atoms with E-state index in [1.54, 1.807) is 0 Å². The highest BCUT2D eigenvalue weighted by Gasteiger charge is 2.23. The number of azo groups is 1. The maximum Gasteiger partial charge on any atom is 0.328 e. The zero-order chi connectivity index (χ0) is 14.3. The second-order valence-corrected chi connectivity index (χ2v) is 3.70. The Kier molecular flexibility index (Phi) is 2.45. The molecule has 0 saturated heterocycles. The Morgan fingerprint density at radius 3 is 2.90 bits per heavy atom. The standard InChI is InChI=1S/C9H7N7O4/c1-10-6(17)3-5-15-14-4-7(18)12-9(19)13-8(4)20-16(5)2-11-3/h2H,1H3,(H,10,17)(H2,12,13,18,19). The first kappa shape index (κ1) is 11.8. The Morgan fingerprint density at radius 1 is 1.35 bits per heavy atom. The van der Waals surface area contributed by atoms with Crippen LogP contribution in [0.3, 0.4) is 0 Å². The quantitative estimate of drug-likeness (QED) is 0.532. The average Bonchev–Trinajstić information content (AvgIpc) is 2.71. The molecule has 0 bridgehead atoms. The maximum atomic E-state index is 11.6. The topological polar surface area (TPSA) is 147 Å². The van der Waals surface area contributed by atoms with Crippen LogP contribution in [0.2, 0.25) is 0 Å². The fourth-order valence-electron chi connectivity index (χ4n) is 1.58. The van der Waals surface area contributed by atoms with Crippen molar-refractivity contribution in [2.24, 2.45) is 10.2 Å². The van der Waals surface area contributed by atoms with Gasteiger partial charge in [0.1, 0.15) is 6.33 Å². The Hall–Kier alpha value is -3.24. The Balaban J connectivity index is 2.19. The lowest BCUT2D eigenvalue weighted by molar-refractivity contribution is 0.0958. The van der Waals surface area contributed by atoms with Crippen molar-refractivity contribution in [1.82, 2.24) is 25.0 Å². The number of carbonyl (C=O) groups excluding carboxylic acids is 1. The van der Waals surface area contributed by atoms with E-state index in [-0.39, 0.29) is 23.1 Å². The van der Waals surface area contributed by atoms with Gasteiger partial charge in [-0.05, 0) is 0 Å². The SMILES string of the molecule is CNC(=O)c1ncn2c1N=Nc1c([nH]c(=O)[nH]c1=O)O2. The van der Waals surface area contributed by atoms with Gasteiger partial charge in [0.2, 0.25) is 11.5 Å². The monoisotopic (exact) mass is 277 g/mol. The van der Waals surface area contributed by atoms with Crippen LogP contribution in [0.4, 0.5) is 11.5 Å². The maximum absolute atomic E-state index is 11.6. The summed E-state index contributed by atoms with van der Waals surface area (Å²) < 4.78 is 1.02. The summed E-state index contributed by atoms with van der Waals surface area (Å²) in [6.07, 6.45) is 1.17. The molecule has 0 unspecified atom stereocenters. The van der Waals surface area contributed by atoms with Crippen molar-refractivity contribution in [3.05, 3.63) is 32.9 Å². The second kappa shape index (κ2) is 4.15. The molecule has 0 saturated carbocycles. The molecule has 2 aromatic rings. The third-order valence-electron chi connectivity index (χ3n) is 2.47. The molecule has 102 valence electrons. The molecule has 0 aliphatic carbocycles. The molecule has 3 N–H and O–H groups in total. The number of hydrogen-bond acceptors (Lipinski definition) is 7. The first-order chi connectivity index (χ1) is 9.60. The number of aromatic amines is 2. The number of fused-ring (bicyclic) bond motifs is 2. The van der Waals surface area contributed by atoms with Crippen LogP contribution in [-0.4, -0.2) is 32.6 Å². The number of H-pyrrole nitrogens is 2. The Morgan fingerprint density at radius 2 is 2.15 bits per heavy atom. The Labute approximate surface area is 109 Å². The first-order valence-electron chi connectivity index (χ1n) is 5.36. The molecule has 1 amide bonds. The zero-order valence-corrected chi connectivity index (χ0v) is 10.00. The van der Waals surface area contributed by atoms with Crippen molar-refractivity contribution in [2.75, 3.05) is 7.05 Å². The lowest BCUT2D eigenvalue weighted by Crippen LogP contribution is -2.23. The van der Waals surface area contributed by atoms with Gasteiger partial charge >= 0.3 is 5.69 Å². The molecule has 11 nitrogen and oxygen atoms in total. The number of carbonyl (C=O) groups is 1. The van der Waals surface area contributed by atoms with Gasteiger partial charge in [-0.15, -0.1) is 15.0 Å². The van der Waals surface area contributed by atoms with Gasteiger partial charge in [-0.3, -0.25) is 19.6 Å². The van der Waals surface area contributed by atoms with E-state index in [1.165, 1.54) is 13.4 Å². The van der Waals surface area contributed by atoms with Crippen molar-refractivity contribution in [3.63, 3.8) is 0 Å². The van der Waals surface area contributed by atoms with Crippen molar-refractivity contribution in [3.8, 4) is 5.88 Å². The molecule has 3 heterocycles. The summed E-state index contributed by atoms with van der Waals surface area (Å²) in [7, 11) is 1.43. The summed E-state index contributed by atoms with van der Waals surface area (Å²) >= 11 is 0. The average molecular weight is 277 g/mol. The van der Waals surface area contributed by atoms with Gasteiger partial charge in [-0.2, -0.15) is 0 Å². The predicted octanol–water partition coefficient (Wildman–Crippen LogP) is -0.810. The smallest absolute Gasteiger partial charge is 0.328 e. The minimum atomic E-state index is -0.757. The molecule has 11 heteroatoms. The van der Waals surface area contributed by atoms with E-state index in [0.717, 1.165) is 4.73 Å². The summed E-state index contributed by atoms with van der Waals surface area (Å²) in [4.78, 5) is 47.7. The molecule has 0 aromatic carbocycles. The van der Waals surface area contributed by atoms with Crippen molar-refractivity contribution >= 4 is 17.4 Å². The highest BCUT2D eigenvalue weighted by Crippen LogP contribution is 2.29. The summed E-state index contributed by atoms with van der Waals surface area (Å²) in [5.74, 6) is -0.683. The normalized spacial score (nSPS) is 12.1. The first-order valence-corrected chi connectivity index (χ1v) is 5.36. The third-order valence-corrected chi connectivity index (χ3v) is 2.47. The van der Waals surface area contributed by atoms with Crippen LogP contribution in [0.25, 0.3) is 0 Å². The van der Waals surface area contributed by atoms with E-state index < -0.39 is 17.2 Å². The molecule has 0 fully saturated rings. The van der Waals surface area contributed by atoms with E-state index >= 15 is 0 Å². The van der Waals surface area contributed by atoms with E-state index in [9.17, 15) is 14.4 Å². The van der Waals surface area contributed by atoms with Crippen LogP contribution in [0.1, 0.15) is 10.5 Å². The van der Waals surface area contributed by atoms with Crippen LogP contribution in [0.5, 0.6) is 5.88 Å². The molecular weight excluding hydrogens is 270 g/mol. The molecular formula is C9H7N7O4. The van der Waals surface area contributed by atoms with E-state index in [1.807, 2.05) is 4.98 Å². The van der Waals surface area contributed by atoms with Gasteiger partial charge in [-0.25, -0.2) is 9.78 Å². The van der Waals surface area contributed by atoms with E-state index in [4.69, 9.17) is 4.84 Å². The lowest BCUT2D eigenvalue weighted by atomic mass is 10.4. The highest BCUT2D eigenvalue weighted by atomic mass is 16.7. The molecule has 3 rings (SSSR count). The number of nitrogens with one attached hydrogen (secondary N) is 3. The number of amides is 1. The van der Waals surface area contributed by atoms with Gasteiger partial charge in [0, 0.05) is 7.05 Å². The predicted molar refractivity (Wildman–Crippen MR) is 63.5 cm³/mol. The Bertz CT molecular complexity index is 843. The number of aromatic nitrogens is 4. The minimum absolute atomic E-state index is 0.000740. The van der Waals surface area contributed by atoms with Crippen molar-refractivity contribution in [1.29, 1.82) is 0 Å².